The Morgan fingerprint density at radius 3 is 2.63 bits per heavy atom. The molecule has 27 heavy (non-hydrogen) atoms. The summed E-state index contributed by atoms with van der Waals surface area (Å²) in [5.74, 6) is 0.235. The van der Waals surface area contributed by atoms with Crippen molar-refractivity contribution in [1.29, 1.82) is 0 Å². The van der Waals surface area contributed by atoms with Crippen LogP contribution in [-0.4, -0.2) is 45.7 Å². The van der Waals surface area contributed by atoms with Gasteiger partial charge in [-0.25, -0.2) is 19.3 Å². The number of benzene rings is 1. The molecule has 1 aromatic carbocycles. The lowest BCUT2D eigenvalue weighted by atomic mass is 10.1. The highest BCUT2D eigenvalue weighted by Gasteiger charge is 2.34. The lowest BCUT2D eigenvalue weighted by Crippen LogP contribution is -2.60. The fourth-order valence-corrected chi connectivity index (χ4v) is 3.15. The SMILES string of the molecule is CN(c1nccn(C)c1=O)C1CN(c2ncnc(-c3ccccc3)c2F)C1. The number of aryl methyl sites for hydroxylation is 1. The van der Waals surface area contributed by atoms with Gasteiger partial charge in [-0.2, -0.15) is 0 Å². The minimum absolute atomic E-state index is 0.0575. The van der Waals surface area contributed by atoms with Crippen molar-refractivity contribution in [2.45, 2.75) is 6.04 Å². The van der Waals surface area contributed by atoms with Gasteiger partial charge in [0.1, 0.15) is 12.0 Å². The van der Waals surface area contributed by atoms with Crippen LogP contribution in [-0.2, 0) is 7.05 Å². The van der Waals surface area contributed by atoms with Crippen molar-refractivity contribution < 1.29 is 4.39 Å². The molecular formula is C19H19FN6O. The smallest absolute Gasteiger partial charge is 0.293 e. The van der Waals surface area contributed by atoms with E-state index in [0.717, 1.165) is 0 Å². The number of aromatic nitrogens is 4. The van der Waals surface area contributed by atoms with Crippen LogP contribution in [0, 0.1) is 5.82 Å². The number of hydrogen-bond acceptors (Lipinski definition) is 6. The van der Waals surface area contributed by atoms with Crippen LogP contribution in [0.15, 0.2) is 53.8 Å². The second kappa shape index (κ2) is 6.79. The van der Waals surface area contributed by atoms with Crippen LogP contribution in [0.2, 0.25) is 0 Å². The molecule has 0 aliphatic carbocycles. The zero-order valence-electron chi connectivity index (χ0n) is 15.1. The lowest BCUT2D eigenvalue weighted by molar-refractivity contribution is 0.475. The monoisotopic (exact) mass is 366 g/mol. The summed E-state index contributed by atoms with van der Waals surface area (Å²) in [4.78, 5) is 28.3. The Kier molecular flexibility index (Phi) is 4.31. The maximum absolute atomic E-state index is 15.0. The summed E-state index contributed by atoms with van der Waals surface area (Å²) in [5, 5.41) is 0. The second-order valence-electron chi connectivity index (χ2n) is 6.56. The van der Waals surface area contributed by atoms with Crippen molar-refractivity contribution in [3.05, 3.63) is 65.2 Å². The van der Waals surface area contributed by atoms with Gasteiger partial charge in [-0.05, 0) is 0 Å². The standard InChI is InChI=1S/C19H19FN6O/c1-24-9-8-21-18(19(24)27)25(2)14-10-26(11-14)17-15(20)16(22-12-23-17)13-6-4-3-5-7-13/h3-9,12,14H,10-11H2,1-2H3. The molecule has 7 nitrogen and oxygen atoms in total. The predicted molar refractivity (Wildman–Crippen MR) is 101 cm³/mol. The Morgan fingerprint density at radius 2 is 1.89 bits per heavy atom. The molecule has 0 N–H and O–H groups in total. The third-order valence-corrected chi connectivity index (χ3v) is 4.86. The van der Waals surface area contributed by atoms with E-state index in [1.165, 1.54) is 10.9 Å². The molecule has 2 aromatic heterocycles. The molecule has 1 saturated heterocycles. The number of anilines is 2. The van der Waals surface area contributed by atoms with Gasteiger partial charge in [-0.1, -0.05) is 30.3 Å². The van der Waals surface area contributed by atoms with Crippen LogP contribution in [0.4, 0.5) is 16.0 Å². The Bertz CT molecular complexity index is 1020. The van der Waals surface area contributed by atoms with Crippen LogP contribution >= 0.6 is 0 Å². The average Bonchev–Trinajstić information content (AvgIpc) is 2.64. The highest BCUT2D eigenvalue weighted by Crippen LogP contribution is 2.29. The van der Waals surface area contributed by atoms with Crippen molar-refractivity contribution >= 4 is 11.6 Å². The number of nitrogens with zero attached hydrogens (tertiary/aromatic N) is 6. The van der Waals surface area contributed by atoms with E-state index >= 15 is 0 Å². The summed E-state index contributed by atoms with van der Waals surface area (Å²) >= 11 is 0. The lowest BCUT2D eigenvalue weighted by Gasteiger charge is -2.44. The molecule has 0 saturated carbocycles. The van der Waals surface area contributed by atoms with E-state index in [2.05, 4.69) is 15.0 Å². The fraction of sp³-hybridized carbons (Fsp3) is 0.263. The zero-order valence-corrected chi connectivity index (χ0v) is 15.1. The molecule has 8 heteroatoms. The largest absolute Gasteiger partial charge is 0.350 e. The van der Waals surface area contributed by atoms with Gasteiger partial charge in [0.05, 0.1) is 6.04 Å². The van der Waals surface area contributed by atoms with E-state index in [4.69, 9.17) is 0 Å². The van der Waals surface area contributed by atoms with Crippen molar-refractivity contribution in [2.75, 3.05) is 29.9 Å². The molecule has 1 aliphatic rings. The van der Waals surface area contributed by atoms with Gasteiger partial charge in [-0.15, -0.1) is 0 Å². The molecule has 0 amide bonds. The number of halogens is 1. The van der Waals surface area contributed by atoms with Crippen molar-refractivity contribution in [3.8, 4) is 11.3 Å². The van der Waals surface area contributed by atoms with E-state index in [1.807, 2.05) is 47.2 Å². The Balaban J connectivity index is 1.53. The van der Waals surface area contributed by atoms with Crippen molar-refractivity contribution in [3.63, 3.8) is 0 Å². The molecule has 0 spiro atoms. The van der Waals surface area contributed by atoms with E-state index in [0.29, 0.717) is 24.5 Å². The summed E-state index contributed by atoms with van der Waals surface area (Å²) in [6, 6.07) is 9.26. The first-order valence-corrected chi connectivity index (χ1v) is 8.61. The summed E-state index contributed by atoms with van der Waals surface area (Å²) in [6.45, 7) is 1.11. The zero-order chi connectivity index (χ0) is 19.0. The Hall–Kier alpha value is -3.29. The van der Waals surface area contributed by atoms with E-state index in [-0.39, 0.29) is 23.1 Å². The Morgan fingerprint density at radius 1 is 1.15 bits per heavy atom. The van der Waals surface area contributed by atoms with Gasteiger partial charge in [0.2, 0.25) is 0 Å². The van der Waals surface area contributed by atoms with Crippen LogP contribution in [0.3, 0.4) is 0 Å². The molecule has 138 valence electrons. The summed E-state index contributed by atoms with van der Waals surface area (Å²) in [5.41, 5.74) is 0.846. The van der Waals surface area contributed by atoms with Gasteiger partial charge in [0.15, 0.2) is 17.5 Å². The van der Waals surface area contributed by atoms with Crippen molar-refractivity contribution in [1.82, 2.24) is 19.5 Å². The van der Waals surface area contributed by atoms with Crippen LogP contribution in [0.1, 0.15) is 0 Å². The number of likely N-dealkylation sites (N-methyl/N-ethyl adjacent to an activating group) is 1. The predicted octanol–water partition coefficient (Wildman–Crippen LogP) is 1.70. The highest BCUT2D eigenvalue weighted by molar-refractivity contribution is 5.64. The summed E-state index contributed by atoms with van der Waals surface area (Å²) in [7, 11) is 3.52. The highest BCUT2D eigenvalue weighted by atomic mass is 19.1. The van der Waals surface area contributed by atoms with Crippen LogP contribution in [0.25, 0.3) is 11.3 Å². The number of rotatable bonds is 4. The molecule has 4 rings (SSSR count). The minimum Gasteiger partial charge on any atom is -0.350 e. The van der Waals surface area contributed by atoms with Gasteiger partial charge >= 0.3 is 0 Å². The molecule has 1 fully saturated rings. The molecule has 3 aromatic rings. The first-order valence-electron chi connectivity index (χ1n) is 8.61. The Labute approximate surface area is 155 Å². The molecular weight excluding hydrogens is 347 g/mol. The number of hydrogen-bond donors (Lipinski definition) is 0. The average molecular weight is 366 g/mol. The van der Waals surface area contributed by atoms with Gasteiger partial charge in [-0.3, -0.25) is 4.79 Å². The van der Waals surface area contributed by atoms with Crippen molar-refractivity contribution in [2.24, 2.45) is 7.05 Å². The third-order valence-electron chi connectivity index (χ3n) is 4.86. The van der Waals surface area contributed by atoms with Crippen LogP contribution in [0.5, 0.6) is 0 Å². The quantitative estimate of drug-likeness (QED) is 0.700. The van der Waals surface area contributed by atoms with E-state index < -0.39 is 5.82 Å². The fourth-order valence-electron chi connectivity index (χ4n) is 3.15. The molecule has 0 unspecified atom stereocenters. The van der Waals surface area contributed by atoms with Gasteiger partial charge in [0.25, 0.3) is 5.56 Å². The maximum atomic E-state index is 15.0. The van der Waals surface area contributed by atoms with E-state index in [1.54, 1.807) is 19.4 Å². The van der Waals surface area contributed by atoms with Gasteiger partial charge < -0.3 is 14.4 Å². The summed E-state index contributed by atoms with van der Waals surface area (Å²) < 4.78 is 16.4. The van der Waals surface area contributed by atoms with E-state index in [9.17, 15) is 9.18 Å². The minimum atomic E-state index is -0.432. The first kappa shape index (κ1) is 17.1. The first-order chi connectivity index (χ1) is 13.1. The summed E-state index contributed by atoms with van der Waals surface area (Å²) in [6.07, 6.45) is 4.60. The van der Waals surface area contributed by atoms with Gasteiger partial charge in [0, 0.05) is 45.1 Å². The molecule has 0 radical (unpaired) electrons. The van der Waals surface area contributed by atoms with Crippen LogP contribution < -0.4 is 15.4 Å². The molecule has 3 heterocycles. The normalized spacial score (nSPS) is 14.1. The third kappa shape index (κ3) is 3.03. The second-order valence-corrected chi connectivity index (χ2v) is 6.56. The topological polar surface area (TPSA) is 67.2 Å². The maximum Gasteiger partial charge on any atom is 0.293 e. The molecule has 0 bridgehead atoms. The molecule has 0 atom stereocenters. The molecule has 1 aliphatic heterocycles.